The van der Waals surface area contributed by atoms with Crippen molar-refractivity contribution in [1.29, 1.82) is 0 Å². The SMILES string of the molecule is Cc1ncccc1-c1cccc(N2CC(N3CCN(c4ncccn4)CC3)CC2=O)c1. The maximum absolute atomic E-state index is 12.9. The maximum Gasteiger partial charge on any atom is 0.228 e. The molecule has 1 aromatic carbocycles. The molecular weight excluding hydrogens is 388 g/mol. The lowest BCUT2D eigenvalue weighted by Crippen LogP contribution is -2.51. The molecule has 1 amide bonds. The molecule has 1 unspecified atom stereocenters. The lowest BCUT2D eigenvalue weighted by atomic mass is 10.0. The third kappa shape index (κ3) is 4.01. The Labute approximate surface area is 182 Å². The summed E-state index contributed by atoms with van der Waals surface area (Å²) in [6.45, 7) is 6.34. The first-order valence-corrected chi connectivity index (χ1v) is 10.8. The third-order valence-electron chi connectivity index (χ3n) is 6.25. The summed E-state index contributed by atoms with van der Waals surface area (Å²) in [5.74, 6) is 0.979. The molecule has 2 aromatic heterocycles. The Bertz CT molecular complexity index is 1060. The van der Waals surface area contributed by atoms with Crippen LogP contribution in [0, 0.1) is 6.92 Å². The second-order valence-corrected chi connectivity index (χ2v) is 8.12. The zero-order valence-corrected chi connectivity index (χ0v) is 17.7. The fourth-order valence-electron chi connectivity index (χ4n) is 4.56. The van der Waals surface area contributed by atoms with Gasteiger partial charge >= 0.3 is 0 Å². The number of hydrogen-bond acceptors (Lipinski definition) is 6. The summed E-state index contributed by atoms with van der Waals surface area (Å²) in [5.41, 5.74) is 4.15. The Kier molecular flexibility index (Phi) is 5.34. The number of rotatable bonds is 4. The first kappa shape index (κ1) is 19.6. The minimum atomic E-state index is 0.193. The van der Waals surface area contributed by atoms with Crippen LogP contribution in [-0.2, 0) is 4.79 Å². The molecule has 158 valence electrons. The summed E-state index contributed by atoms with van der Waals surface area (Å²) in [6, 6.07) is 14.3. The van der Waals surface area contributed by atoms with Crippen molar-refractivity contribution >= 4 is 17.5 Å². The average Bonchev–Trinajstić information content (AvgIpc) is 3.22. The van der Waals surface area contributed by atoms with Gasteiger partial charge in [0, 0.05) is 80.7 Å². The van der Waals surface area contributed by atoms with Gasteiger partial charge in [-0.1, -0.05) is 18.2 Å². The number of carbonyl (C=O) groups is 1. The molecule has 0 N–H and O–H groups in total. The normalized spacial score (nSPS) is 19.8. The Morgan fingerprint density at radius 2 is 1.68 bits per heavy atom. The predicted octanol–water partition coefficient (Wildman–Crippen LogP) is 2.77. The van der Waals surface area contributed by atoms with Crippen molar-refractivity contribution in [3.8, 4) is 11.1 Å². The van der Waals surface area contributed by atoms with E-state index in [2.05, 4.69) is 43.0 Å². The summed E-state index contributed by atoms with van der Waals surface area (Å²) >= 11 is 0. The number of amides is 1. The largest absolute Gasteiger partial charge is 0.338 e. The topological polar surface area (TPSA) is 65.5 Å². The number of pyridine rings is 1. The highest BCUT2D eigenvalue weighted by atomic mass is 16.2. The van der Waals surface area contributed by atoms with Crippen LogP contribution in [0.5, 0.6) is 0 Å². The number of anilines is 2. The molecule has 2 aliphatic rings. The van der Waals surface area contributed by atoms with Crippen LogP contribution in [0.2, 0.25) is 0 Å². The summed E-state index contributed by atoms with van der Waals surface area (Å²) in [5, 5.41) is 0. The summed E-state index contributed by atoms with van der Waals surface area (Å²) in [4.78, 5) is 32.6. The van der Waals surface area contributed by atoms with Crippen LogP contribution in [0.25, 0.3) is 11.1 Å². The number of nitrogens with zero attached hydrogens (tertiary/aromatic N) is 6. The van der Waals surface area contributed by atoms with E-state index in [0.29, 0.717) is 6.42 Å². The second-order valence-electron chi connectivity index (χ2n) is 8.12. The summed E-state index contributed by atoms with van der Waals surface area (Å²) in [6.07, 6.45) is 5.94. The highest BCUT2D eigenvalue weighted by Crippen LogP contribution is 2.30. The molecule has 2 fully saturated rings. The standard InChI is InChI=1S/C24H26N6O/c1-18-22(7-3-8-25-18)19-5-2-6-20(15-19)30-17-21(16-23(30)31)28-11-13-29(14-12-28)24-26-9-4-10-27-24/h2-10,15,21H,11-14,16-17H2,1H3. The third-order valence-corrected chi connectivity index (χ3v) is 6.25. The molecule has 5 rings (SSSR count). The van der Waals surface area contributed by atoms with E-state index >= 15 is 0 Å². The first-order chi connectivity index (χ1) is 15.2. The van der Waals surface area contributed by atoms with Crippen molar-refractivity contribution in [2.24, 2.45) is 0 Å². The lowest BCUT2D eigenvalue weighted by Gasteiger charge is -2.37. The molecule has 7 nitrogen and oxygen atoms in total. The molecule has 0 spiro atoms. The molecule has 0 aliphatic carbocycles. The molecule has 0 radical (unpaired) electrons. The van der Waals surface area contributed by atoms with Crippen LogP contribution in [0.1, 0.15) is 12.1 Å². The van der Waals surface area contributed by atoms with Gasteiger partial charge in [-0.3, -0.25) is 14.7 Å². The van der Waals surface area contributed by atoms with E-state index in [4.69, 9.17) is 0 Å². The molecule has 4 heterocycles. The molecule has 0 bridgehead atoms. The van der Waals surface area contributed by atoms with E-state index < -0.39 is 0 Å². The molecule has 2 saturated heterocycles. The number of aromatic nitrogens is 3. The van der Waals surface area contributed by atoms with E-state index in [1.165, 1.54) is 0 Å². The Hall–Kier alpha value is -3.32. The minimum Gasteiger partial charge on any atom is -0.338 e. The highest BCUT2D eigenvalue weighted by Gasteiger charge is 2.35. The number of piperazine rings is 1. The van der Waals surface area contributed by atoms with E-state index in [1.807, 2.05) is 36.1 Å². The van der Waals surface area contributed by atoms with Crippen molar-refractivity contribution < 1.29 is 4.79 Å². The van der Waals surface area contributed by atoms with E-state index in [-0.39, 0.29) is 11.9 Å². The zero-order valence-electron chi connectivity index (χ0n) is 17.7. The maximum atomic E-state index is 12.9. The summed E-state index contributed by atoms with van der Waals surface area (Å²) < 4.78 is 0. The number of benzene rings is 1. The van der Waals surface area contributed by atoms with Crippen LogP contribution >= 0.6 is 0 Å². The Morgan fingerprint density at radius 3 is 2.45 bits per heavy atom. The Balaban J connectivity index is 1.27. The molecule has 31 heavy (non-hydrogen) atoms. The van der Waals surface area contributed by atoms with Crippen LogP contribution in [0.15, 0.2) is 61.1 Å². The van der Waals surface area contributed by atoms with Gasteiger partial charge in [-0.2, -0.15) is 0 Å². The highest BCUT2D eigenvalue weighted by molar-refractivity contribution is 5.96. The van der Waals surface area contributed by atoms with Gasteiger partial charge < -0.3 is 9.80 Å². The van der Waals surface area contributed by atoms with Gasteiger partial charge in [0.15, 0.2) is 0 Å². The molecule has 3 aromatic rings. The zero-order chi connectivity index (χ0) is 21.2. The first-order valence-electron chi connectivity index (χ1n) is 10.8. The fraction of sp³-hybridized carbons (Fsp3) is 0.333. The monoisotopic (exact) mass is 414 g/mol. The average molecular weight is 415 g/mol. The number of aryl methyl sites for hydroxylation is 1. The van der Waals surface area contributed by atoms with Crippen molar-refractivity contribution in [3.63, 3.8) is 0 Å². The lowest BCUT2D eigenvalue weighted by molar-refractivity contribution is -0.117. The number of hydrogen-bond donors (Lipinski definition) is 0. The van der Waals surface area contributed by atoms with Crippen LogP contribution < -0.4 is 9.80 Å². The van der Waals surface area contributed by atoms with E-state index in [0.717, 1.165) is 61.2 Å². The van der Waals surface area contributed by atoms with Gasteiger partial charge in [0.25, 0.3) is 0 Å². The molecule has 2 aliphatic heterocycles. The fourth-order valence-corrected chi connectivity index (χ4v) is 4.56. The van der Waals surface area contributed by atoms with Gasteiger partial charge in [-0.05, 0) is 36.8 Å². The molecule has 1 atom stereocenters. The van der Waals surface area contributed by atoms with Crippen LogP contribution in [0.4, 0.5) is 11.6 Å². The number of carbonyl (C=O) groups excluding carboxylic acids is 1. The van der Waals surface area contributed by atoms with Crippen LogP contribution in [0.3, 0.4) is 0 Å². The van der Waals surface area contributed by atoms with Crippen molar-refractivity contribution in [2.75, 3.05) is 42.5 Å². The van der Waals surface area contributed by atoms with Gasteiger partial charge in [0.2, 0.25) is 11.9 Å². The van der Waals surface area contributed by atoms with E-state index in [9.17, 15) is 4.79 Å². The van der Waals surface area contributed by atoms with Gasteiger partial charge in [0.05, 0.1) is 0 Å². The van der Waals surface area contributed by atoms with Crippen LogP contribution in [-0.4, -0.2) is 64.5 Å². The van der Waals surface area contributed by atoms with Crippen molar-refractivity contribution in [1.82, 2.24) is 19.9 Å². The van der Waals surface area contributed by atoms with Crippen molar-refractivity contribution in [3.05, 3.63) is 66.7 Å². The minimum absolute atomic E-state index is 0.193. The Morgan fingerprint density at radius 1 is 0.903 bits per heavy atom. The van der Waals surface area contributed by atoms with Crippen molar-refractivity contribution in [2.45, 2.75) is 19.4 Å². The second kappa shape index (κ2) is 8.43. The molecular formula is C24H26N6O. The van der Waals surface area contributed by atoms with E-state index in [1.54, 1.807) is 18.6 Å². The molecule has 7 heteroatoms. The smallest absolute Gasteiger partial charge is 0.228 e. The summed E-state index contributed by atoms with van der Waals surface area (Å²) in [7, 11) is 0. The van der Waals surface area contributed by atoms with Gasteiger partial charge in [-0.25, -0.2) is 9.97 Å². The van der Waals surface area contributed by atoms with Gasteiger partial charge in [0.1, 0.15) is 0 Å². The van der Waals surface area contributed by atoms with Gasteiger partial charge in [-0.15, -0.1) is 0 Å². The quantitative estimate of drug-likeness (QED) is 0.654. The predicted molar refractivity (Wildman–Crippen MR) is 121 cm³/mol. The molecule has 0 saturated carbocycles.